The maximum absolute atomic E-state index is 13.0. The van der Waals surface area contributed by atoms with Crippen LogP contribution in [-0.2, 0) is 9.53 Å². The quantitative estimate of drug-likeness (QED) is 0.810. The van der Waals surface area contributed by atoms with Gasteiger partial charge in [-0.05, 0) is 23.8 Å². The molecule has 15 heavy (non-hydrogen) atoms. The first-order chi connectivity index (χ1) is 7.02. The van der Waals surface area contributed by atoms with E-state index < -0.39 is 17.8 Å². The van der Waals surface area contributed by atoms with Crippen molar-refractivity contribution in [3.8, 4) is 0 Å². The molecule has 0 amide bonds. The van der Waals surface area contributed by atoms with Crippen LogP contribution in [0.4, 0.5) is 4.39 Å². The lowest BCUT2D eigenvalue weighted by molar-refractivity contribution is -0.141. The summed E-state index contributed by atoms with van der Waals surface area (Å²) in [6.45, 7) is 0. The first-order valence-electron chi connectivity index (χ1n) is 4.31. The van der Waals surface area contributed by atoms with E-state index in [-0.39, 0.29) is 11.4 Å². The maximum Gasteiger partial charge on any atom is 0.307 e. The first kappa shape index (κ1) is 11.9. The zero-order chi connectivity index (χ0) is 11.4. The molecule has 0 unspecified atom stereocenters. The molecular weight excluding hydrogens is 221 g/mol. The zero-order valence-corrected chi connectivity index (χ0v) is 8.92. The average molecular weight is 232 g/mol. The number of nitrogens with two attached hydrogens (primary N) is 1. The Bertz CT molecular complexity index is 350. The fourth-order valence-electron chi connectivity index (χ4n) is 1.17. The van der Waals surface area contributed by atoms with Crippen molar-refractivity contribution in [1.29, 1.82) is 0 Å². The molecule has 82 valence electrons. The molecular formula is C10H11ClFNO2. The van der Waals surface area contributed by atoms with Gasteiger partial charge in [0.15, 0.2) is 0 Å². The molecule has 0 aliphatic carbocycles. The molecule has 3 nitrogen and oxygen atoms in total. The van der Waals surface area contributed by atoms with Crippen LogP contribution in [0.15, 0.2) is 18.2 Å². The number of benzene rings is 1. The van der Waals surface area contributed by atoms with Gasteiger partial charge in [-0.2, -0.15) is 0 Å². The Morgan fingerprint density at radius 1 is 1.60 bits per heavy atom. The highest BCUT2D eigenvalue weighted by atomic mass is 35.5. The molecule has 0 radical (unpaired) electrons. The lowest BCUT2D eigenvalue weighted by Crippen LogP contribution is -2.16. The van der Waals surface area contributed by atoms with E-state index in [1.54, 1.807) is 0 Å². The lowest BCUT2D eigenvalue weighted by atomic mass is 10.0. The number of hydrogen-bond donors (Lipinski definition) is 1. The van der Waals surface area contributed by atoms with Crippen molar-refractivity contribution in [3.63, 3.8) is 0 Å². The van der Waals surface area contributed by atoms with Gasteiger partial charge in [0.05, 0.1) is 13.5 Å². The highest BCUT2D eigenvalue weighted by molar-refractivity contribution is 6.30. The van der Waals surface area contributed by atoms with Crippen LogP contribution in [0.5, 0.6) is 0 Å². The Hall–Kier alpha value is -1.13. The SMILES string of the molecule is COC(=O)C[C@H](N)c1cc(F)cc(Cl)c1. The number of halogens is 2. The van der Waals surface area contributed by atoms with Crippen LogP contribution in [-0.4, -0.2) is 13.1 Å². The van der Waals surface area contributed by atoms with E-state index in [9.17, 15) is 9.18 Å². The van der Waals surface area contributed by atoms with E-state index in [4.69, 9.17) is 17.3 Å². The molecule has 2 N–H and O–H groups in total. The minimum atomic E-state index is -0.606. The van der Waals surface area contributed by atoms with Crippen LogP contribution in [0.2, 0.25) is 5.02 Å². The Kier molecular flexibility index (Phi) is 4.05. The fraction of sp³-hybridized carbons (Fsp3) is 0.300. The number of methoxy groups -OCH3 is 1. The zero-order valence-electron chi connectivity index (χ0n) is 8.17. The van der Waals surface area contributed by atoms with E-state index in [0.717, 1.165) is 0 Å². The van der Waals surface area contributed by atoms with Crippen molar-refractivity contribution in [3.05, 3.63) is 34.6 Å². The molecule has 0 saturated carbocycles. The summed E-state index contributed by atoms with van der Waals surface area (Å²) in [6.07, 6.45) is -0.00369. The maximum atomic E-state index is 13.0. The second-order valence-electron chi connectivity index (χ2n) is 3.09. The Labute approximate surface area is 92.0 Å². The van der Waals surface area contributed by atoms with Gasteiger partial charge in [-0.15, -0.1) is 0 Å². The summed E-state index contributed by atoms with van der Waals surface area (Å²) in [5, 5.41) is 0.255. The van der Waals surface area contributed by atoms with Gasteiger partial charge in [0.25, 0.3) is 0 Å². The Balaban J connectivity index is 2.81. The second kappa shape index (κ2) is 5.09. The molecule has 0 spiro atoms. The molecule has 0 bridgehead atoms. The van der Waals surface area contributed by atoms with Gasteiger partial charge >= 0.3 is 5.97 Å². The largest absolute Gasteiger partial charge is 0.469 e. The minimum Gasteiger partial charge on any atom is -0.469 e. The third-order valence-corrected chi connectivity index (χ3v) is 2.15. The number of rotatable bonds is 3. The standard InChI is InChI=1S/C10H11ClFNO2/c1-15-10(14)5-9(13)6-2-7(11)4-8(12)3-6/h2-4,9H,5,13H2,1H3/t9-/m0/s1. The number of esters is 1. The number of carbonyl (C=O) groups excluding carboxylic acids is 1. The molecule has 1 aromatic carbocycles. The van der Waals surface area contributed by atoms with Crippen LogP contribution in [0, 0.1) is 5.82 Å². The van der Waals surface area contributed by atoms with Crippen LogP contribution < -0.4 is 5.73 Å². The summed E-state index contributed by atoms with van der Waals surface area (Å²) in [5.41, 5.74) is 6.16. The van der Waals surface area contributed by atoms with Gasteiger partial charge in [-0.1, -0.05) is 11.6 Å². The highest BCUT2D eigenvalue weighted by Crippen LogP contribution is 2.20. The van der Waals surface area contributed by atoms with Crippen molar-refractivity contribution >= 4 is 17.6 Å². The van der Waals surface area contributed by atoms with E-state index in [2.05, 4.69) is 4.74 Å². The highest BCUT2D eigenvalue weighted by Gasteiger charge is 2.13. The van der Waals surface area contributed by atoms with E-state index >= 15 is 0 Å². The molecule has 1 atom stereocenters. The van der Waals surface area contributed by atoms with Gasteiger partial charge in [0, 0.05) is 11.1 Å². The predicted octanol–water partition coefficient (Wildman–Crippen LogP) is 2.04. The fourth-order valence-corrected chi connectivity index (χ4v) is 1.40. The third kappa shape index (κ3) is 3.49. The summed E-state index contributed by atoms with van der Waals surface area (Å²) in [6, 6.07) is 3.35. The summed E-state index contributed by atoms with van der Waals surface area (Å²) in [5.74, 6) is -0.916. The molecule has 1 rings (SSSR count). The Morgan fingerprint density at radius 2 is 2.27 bits per heavy atom. The molecule has 0 aromatic heterocycles. The van der Waals surface area contributed by atoms with Crippen LogP contribution >= 0.6 is 11.6 Å². The van der Waals surface area contributed by atoms with Crippen molar-refractivity contribution in [2.75, 3.05) is 7.11 Å². The molecule has 0 saturated heterocycles. The minimum absolute atomic E-state index is 0.00369. The van der Waals surface area contributed by atoms with E-state index in [0.29, 0.717) is 5.56 Å². The molecule has 5 heteroatoms. The van der Waals surface area contributed by atoms with Crippen LogP contribution in [0.3, 0.4) is 0 Å². The van der Waals surface area contributed by atoms with Crippen molar-refractivity contribution in [2.45, 2.75) is 12.5 Å². The number of carbonyl (C=O) groups is 1. The third-order valence-electron chi connectivity index (χ3n) is 1.93. The van der Waals surface area contributed by atoms with Crippen molar-refractivity contribution in [1.82, 2.24) is 0 Å². The van der Waals surface area contributed by atoms with E-state index in [1.807, 2.05) is 0 Å². The number of ether oxygens (including phenoxy) is 1. The van der Waals surface area contributed by atoms with Gasteiger partial charge in [0.1, 0.15) is 5.82 Å². The van der Waals surface area contributed by atoms with Crippen LogP contribution in [0.25, 0.3) is 0 Å². The van der Waals surface area contributed by atoms with Crippen molar-refractivity contribution in [2.24, 2.45) is 5.73 Å². The number of hydrogen-bond acceptors (Lipinski definition) is 3. The molecule has 0 fully saturated rings. The summed E-state index contributed by atoms with van der Waals surface area (Å²) in [4.78, 5) is 10.9. The van der Waals surface area contributed by atoms with E-state index in [1.165, 1.54) is 25.3 Å². The average Bonchev–Trinajstić information content (AvgIpc) is 2.16. The van der Waals surface area contributed by atoms with Crippen LogP contribution in [0.1, 0.15) is 18.0 Å². The topological polar surface area (TPSA) is 52.3 Å². The first-order valence-corrected chi connectivity index (χ1v) is 4.69. The Morgan fingerprint density at radius 3 is 2.80 bits per heavy atom. The summed E-state index contributed by atoms with van der Waals surface area (Å²) < 4.78 is 17.4. The van der Waals surface area contributed by atoms with Gasteiger partial charge < -0.3 is 10.5 Å². The predicted molar refractivity (Wildman–Crippen MR) is 55.0 cm³/mol. The monoisotopic (exact) mass is 231 g/mol. The van der Waals surface area contributed by atoms with Gasteiger partial charge in [-0.25, -0.2) is 4.39 Å². The summed E-state index contributed by atoms with van der Waals surface area (Å²) >= 11 is 5.65. The lowest BCUT2D eigenvalue weighted by Gasteiger charge is -2.10. The normalized spacial score (nSPS) is 12.3. The smallest absolute Gasteiger partial charge is 0.307 e. The molecule has 0 heterocycles. The summed E-state index contributed by atoms with van der Waals surface area (Å²) in [7, 11) is 1.27. The van der Waals surface area contributed by atoms with Gasteiger partial charge in [-0.3, -0.25) is 4.79 Å². The molecule has 0 aliphatic rings. The molecule has 1 aromatic rings. The molecule has 0 aliphatic heterocycles. The van der Waals surface area contributed by atoms with Crippen molar-refractivity contribution < 1.29 is 13.9 Å². The second-order valence-corrected chi connectivity index (χ2v) is 3.53. The van der Waals surface area contributed by atoms with Gasteiger partial charge in [0.2, 0.25) is 0 Å².